The Bertz CT molecular complexity index is 466. The van der Waals surface area contributed by atoms with Gasteiger partial charge < -0.3 is 15.5 Å². The molecule has 5 heteroatoms. The number of anilines is 1. The van der Waals surface area contributed by atoms with Crippen molar-refractivity contribution in [2.24, 2.45) is 0 Å². The summed E-state index contributed by atoms with van der Waals surface area (Å²) in [6.45, 7) is 4.77. The lowest BCUT2D eigenvalue weighted by atomic mass is 10.1. The first-order valence-electron chi connectivity index (χ1n) is 6.41. The number of hydrogen-bond donors (Lipinski definition) is 3. The molecule has 2 unspecified atom stereocenters. The molecule has 1 aromatic rings. The number of rotatable bonds is 3. The minimum absolute atomic E-state index is 0.130. The number of amides is 1. The average molecular weight is 264 g/mol. The van der Waals surface area contributed by atoms with E-state index in [1.54, 1.807) is 4.90 Å². The standard InChI is InChI=1S/C14H20N2O3/c1-9-3-4-10(2)11(5-9)15-14(19)8-16-6-12(17)13(18)7-16/h3-5,12-13,17-18H,6-8H2,1-2H3,(H,15,19). The summed E-state index contributed by atoms with van der Waals surface area (Å²) in [4.78, 5) is 13.7. The number of benzene rings is 1. The molecule has 19 heavy (non-hydrogen) atoms. The second kappa shape index (κ2) is 5.69. The number of β-amino-alcohol motifs (C(OH)–C–C–N with tert-alkyl or cyclic N) is 2. The van der Waals surface area contributed by atoms with E-state index in [1.807, 2.05) is 32.0 Å². The van der Waals surface area contributed by atoms with Crippen molar-refractivity contribution >= 4 is 11.6 Å². The Morgan fingerprint density at radius 3 is 2.58 bits per heavy atom. The van der Waals surface area contributed by atoms with Gasteiger partial charge in [0.1, 0.15) is 0 Å². The molecule has 1 heterocycles. The number of nitrogens with zero attached hydrogens (tertiary/aromatic N) is 1. The van der Waals surface area contributed by atoms with Gasteiger partial charge in [-0.25, -0.2) is 0 Å². The lowest BCUT2D eigenvalue weighted by Gasteiger charge is -2.15. The monoisotopic (exact) mass is 264 g/mol. The predicted octanol–water partition coefficient (Wildman–Crippen LogP) is 0.279. The summed E-state index contributed by atoms with van der Waals surface area (Å²) in [6, 6.07) is 5.90. The molecule has 0 radical (unpaired) electrons. The summed E-state index contributed by atoms with van der Waals surface area (Å²) in [7, 11) is 0. The van der Waals surface area contributed by atoms with Crippen molar-refractivity contribution in [1.29, 1.82) is 0 Å². The number of carbonyl (C=O) groups is 1. The fraction of sp³-hybridized carbons (Fsp3) is 0.500. The minimum atomic E-state index is -0.756. The van der Waals surface area contributed by atoms with Gasteiger partial charge in [0, 0.05) is 18.8 Å². The number of aliphatic hydroxyl groups is 2. The molecule has 5 nitrogen and oxygen atoms in total. The molecule has 1 amide bonds. The highest BCUT2D eigenvalue weighted by Crippen LogP contribution is 2.16. The molecule has 0 bridgehead atoms. The number of likely N-dealkylation sites (tertiary alicyclic amines) is 1. The van der Waals surface area contributed by atoms with Crippen LogP contribution in [0.2, 0.25) is 0 Å². The van der Waals surface area contributed by atoms with Crippen LogP contribution < -0.4 is 5.32 Å². The lowest BCUT2D eigenvalue weighted by molar-refractivity contribution is -0.117. The van der Waals surface area contributed by atoms with Gasteiger partial charge in [-0.1, -0.05) is 12.1 Å². The number of hydrogen-bond acceptors (Lipinski definition) is 4. The van der Waals surface area contributed by atoms with Crippen LogP contribution in [0, 0.1) is 13.8 Å². The average Bonchev–Trinajstić information content (AvgIpc) is 2.63. The van der Waals surface area contributed by atoms with E-state index in [0.29, 0.717) is 13.1 Å². The Morgan fingerprint density at radius 1 is 1.32 bits per heavy atom. The molecule has 0 spiro atoms. The van der Waals surface area contributed by atoms with Crippen LogP contribution >= 0.6 is 0 Å². The Morgan fingerprint density at radius 2 is 1.95 bits per heavy atom. The predicted molar refractivity (Wildman–Crippen MR) is 73.0 cm³/mol. The van der Waals surface area contributed by atoms with Crippen molar-refractivity contribution in [3.05, 3.63) is 29.3 Å². The first-order valence-corrected chi connectivity index (χ1v) is 6.41. The molecular formula is C14H20N2O3. The van der Waals surface area contributed by atoms with Crippen LogP contribution in [0.15, 0.2) is 18.2 Å². The second-order valence-electron chi connectivity index (χ2n) is 5.20. The zero-order chi connectivity index (χ0) is 14.0. The van der Waals surface area contributed by atoms with Gasteiger partial charge in [-0.15, -0.1) is 0 Å². The quantitative estimate of drug-likeness (QED) is 0.733. The van der Waals surface area contributed by atoms with Gasteiger partial charge in [0.05, 0.1) is 18.8 Å². The van der Waals surface area contributed by atoms with Gasteiger partial charge in [0.2, 0.25) is 5.91 Å². The smallest absolute Gasteiger partial charge is 0.238 e. The Hall–Kier alpha value is -1.43. The van der Waals surface area contributed by atoms with Crippen LogP contribution in [0.4, 0.5) is 5.69 Å². The van der Waals surface area contributed by atoms with Crippen molar-refractivity contribution in [3.63, 3.8) is 0 Å². The van der Waals surface area contributed by atoms with Crippen molar-refractivity contribution < 1.29 is 15.0 Å². The highest BCUT2D eigenvalue weighted by molar-refractivity contribution is 5.93. The van der Waals surface area contributed by atoms with E-state index >= 15 is 0 Å². The van der Waals surface area contributed by atoms with Crippen LogP contribution in [0.3, 0.4) is 0 Å². The first kappa shape index (κ1) is 14.0. The van der Waals surface area contributed by atoms with Crippen molar-refractivity contribution in [3.8, 4) is 0 Å². The number of aryl methyl sites for hydroxylation is 2. The zero-order valence-electron chi connectivity index (χ0n) is 11.3. The summed E-state index contributed by atoms with van der Waals surface area (Å²) in [5, 5.41) is 21.7. The summed E-state index contributed by atoms with van der Waals surface area (Å²) in [5.74, 6) is -0.130. The van der Waals surface area contributed by atoms with Gasteiger partial charge in [-0.3, -0.25) is 9.69 Å². The third kappa shape index (κ3) is 3.53. The van der Waals surface area contributed by atoms with Crippen molar-refractivity contribution in [2.45, 2.75) is 26.1 Å². The van der Waals surface area contributed by atoms with Crippen LogP contribution in [-0.4, -0.2) is 52.9 Å². The number of nitrogens with one attached hydrogen (secondary N) is 1. The fourth-order valence-corrected chi connectivity index (χ4v) is 2.24. The lowest BCUT2D eigenvalue weighted by Crippen LogP contribution is -2.32. The highest BCUT2D eigenvalue weighted by Gasteiger charge is 2.30. The van der Waals surface area contributed by atoms with Crippen LogP contribution in [-0.2, 0) is 4.79 Å². The molecule has 1 aliphatic rings. The van der Waals surface area contributed by atoms with Crippen LogP contribution in [0.25, 0.3) is 0 Å². The topological polar surface area (TPSA) is 72.8 Å². The van der Waals surface area contributed by atoms with Crippen LogP contribution in [0.1, 0.15) is 11.1 Å². The molecular weight excluding hydrogens is 244 g/mol. The zero-order valence-corrected chi connectivity index (χ0v) is 11.3. The second-order valence-corrected chi connectivity index (χ2v) is 5.20. The van der Waals surface area contributed by atoms with E-state index in [1.165, 1.54) is 0 Å². The van der Waals surface area contributed by atoms with Gasteiger partial charge in [0.15, 0.2) is 0 Å². The Balaban J connectivity index is 1.93. The maximum atomic E-state index is 11.9. The summed E-state index contributed by atoms with van der Waals surface area (Å²) < 4.78 is 0. The molecule has 0 aliphatic carbocycles. The van der Waals surface area contributed by atoms with E-state index < -0.39 is 12.2 Å². The minimum Gasteiger partial charge on any atom is -0.389 e. The first-order chi connectivity index (χ1) is 8.95. The summed E-state index contributed by atoms with van der Waals surface area (Å²) in [6.07, 6.45) is -1.51. The van der Waals surface area contributed by atoms with Gasteiger partial charge >= 0.3 is 0 Å². The van der Waals surface area contributed by atoms with Gasteiger partial charge in [-0.2, -0.15) is 0 Å². The summed E-state index contributed by atoms with van der Waals surface area (Å²) in [5.41, 5.74) is 2.92. The van der Waals surface area contributed by atoms with E-state index in [9.17, 15) is 15.0 Å². The molecule has 2 rings (SSSR count). The van der Waals surface area contributed by atoms with E-state index in [-0.39, 0.29) is 12.5 Å². The van der Waals surface area contributed by atoms with E-state index in [0.717, 1.165) is 16.8 Å². The SMILES string of the molecule is Cc1ccc(C)c(NC(=O)CN2CC(O)C(O)C2)c1. The molecule has 1 aliphatic heterocycles. The summed E-state index contributed by atoms with van der Waals surface area (Å²) >= 11 is 0. The number of carbonyl (C=O) groups excluding carboxylic acids is 1. The largest absolute Gasteiger partial charge is 0.389 e. The number of aliphatic hydroxyl groups excluding tert-OH is 2. The highest BCUT2D eigenvalue weighted by atomic mass is 16.3. The maximum Gasteiger partial charge on any atom is 0.238 e. The molecule has 3 N–H and O–H groups in total. The molecule has 1 fully saturated rings. The molecule has 1 saturated heterocycles. The molecule has 1 aromatic carbocycles. The molecule has 104 valence electrons. The van der Waals surface area contributed by atoms with Gasteiger partial charge in [-0.05, 0) is 31.0 Å². The molecule has 2 atom stereocenters. The molecule has 0 saturated carbocycles. The Kier molecular flexibility index (Phi) is 4.19. The van der Waals surface area contributed by atoms with Crippen molar-refractivity contribution in [1.82, 2.24) is 4.90 Å². The normalized spacial score (nSPS) is 23.6. The van der Waals surface area contributed by atoms with Gasteiger partial charge in [0.25, 0.3) is 0 Å². The van der Waals surface area contributed by atoms with E-state index in [4.69, 9.17) is 0 Å². The third-order valence-electron chi connectivity index (χ3n) is 3.37. The van der Waals surface area contributed by atoms with Crippen LogP contribution in [0.5, 0.6) is 0 Å². The maximum absolute atomic E-state index is 11.9. The fourth-order valence-electron chi connectivity index (χ4n) is 2.24. The Labute approximate surface area is 112 Å². The van der Waals surface area contributed by atoms with E-state index in [2.05, 4.69) is 5.32 Å². The van der Waals surface area contributed by atoms with Crippen molar-refractivity contribution in [2.75, 3.05) is 25.0 Å². The molecule has 0 aromatic heterocycles. The third-order valence-corrected chi connectivity index (χ3v) is 3.37.